The Labute approximate surface area is 239 Å². The molecule has 0 saturated carbocycles. The topological polar surface area (TPSA) is 110 Å². The number of ether oxygens (including phenoxy) is 1. The highest BCUT2D eigenvalue weighted by atomic mass is 16.5. The Bertz CT molecular complexity index is 1700. The molecule has 0 bridgehead atoms. The number of methoxy groups -OCH3 is 1. The number of nitrogens with zero attached hydrogens (tertiary/aromatic N) is 7. The van der Waals surface area contributed by atoms with Crippen LogP contribution in [0.1, 0.15) is 12.0 Å². The van der Waals surface area contributed by atoms with Crippen molar-refractivity contribution in [3.63, 3.8) is 0 Å². The van der Waals surface area contributed by atoms with Crippen LogP contribution in [0.5, 0.6) is 5.75 Å². The Kier molecular flexibility index (Phi) is 7.15. The molecule has 0 amide bonds. The Morgan fingerprint density at radius 2 is 1.83 bits per heavy atom. The van der Waals surface area contributed by atoms with Crippen molar-refractivity contribution in [1.29, 1.82) is 0 Å². The molecule has 10 heteroatoms. The summed E-state index contributed by atoms with van der Waals surface area (Å²) in [6.07, 6.45) is 7.45. The van der Waals surface area contributed by atoms with Gasteiger partial charge in [0.15, 0.2) is 5.82 Å². The van der Waals surface area contributed by atoms with Crippen molar-refractivity contribution in [3.8, 4) is 28.5 Å². The molecule has 1 aliphatic rings. The molecular formula is C31H35N9O. The molecule has 0 aliphatic carbocycles. The van der Waals surface area contributed by atoms with Crippen LogP contribution in [0.3, 0.4) is 0 Å². The lowest BCUT2D eigenvalue weighted by Gasteiger charge is -2.24. The van der Waals surface area contributed by atoms with Gasteiger partial charge in [-0.15, -0.1) is 0 Å². The van der Waals surface area contributed by atoms with E-state index in [4.69, 9.17) is 15.5 Å². The third-order valence-corrected chi connectivity index (χ3v) is 7.57. The van der Waals surface area contributed by atoms with Crippen molar-refractivity contribution < 1.29 is 4.74 Å². The van der Waals surface area contributed by atoms with E-state index in [1.165, 1.54) is 11.1 Å². The van der Waals surface area contributed by atoms with E-state index in [2.05, 4.69) is 66.9 Å². The van der Waals surface area contributed by atoms with Crippen LogP contribution in [-0.4, -0.2) is 70.7 Å². The fraction of sp³-hybridized carbons (Fsp3) is 0.290. The van der Waals surface area contributed by atoms with Gasteiger partial charge in [0.1, 0.15) is 5.75 Å². The minimum absolute atomic E-state index is 0.445. The highest BCUT2D eigenvalue weighted by molar-refractivity contribution is 6.04. The number of benzene rings is 2. The van der Waals surface area contributed by atoms with Crippen LogP contribution in [0.25, 0.3) is 33.7 Å². The second-order valence-electron chi connectivity index (χ2n) is 10.6. The number of nitrogens with two attached hydrogens (primary N) is 1. The van der Waals surface area contributed by atoms with Crippen molar-refractivity contribution in [1.82, 2.24) is 29.4 Å². The van der Waals surface area contributed by atoms with Crippen LogP contribution in [0.4, 0.5) is 23.0 Å². The van der Waals surface area contributed by atoms with E-state index >= 15 is 0 Å². The Hall–Kier alpha value is -4.70. The predicted molar refractivity (Wildman–Crippen MR) is 165 cm³/mol. The number of aromatic nitrogens is 5. The number of nitrogen functional groups attached to an aromatic ring is 1. The first kappa shape index (κ1) is 26.5. The lowest BCUT2D eigenvalue weighted by atomic mass is 10.0. The molecule has 41 heavy (non-hydrogen) atoms. The van der Waals surface area contributed by atoms with E-state index < -0.39 is 0 Å². The van der Waals surface area contributed by atoms with E-state index in [1.807, 2.05) is 31.3 Å². The van der Waals surface area contributed by atoms with Crippen LogP contribution < -0.4 is 20.7 Å². The molecule has 4 heterocycles. The maximum absolute atomic E-state index is 6.50. The molecule has 3 aromatic heterocycles. The lowest BCUT2D eigenvalue weighted by molar-refractivity contribution is 0.413. The van der Waals surface area contributed by atoms with Gasteiger partial charge in [-0.3, -0.25) is 0 Å². The third kappa shape index (κ3) is 5.02. The molecule has 0 fully saturated rings. The largest absolute Gasteiger partial charge is 0.494 e. The van der Waals surface area contributed by atoms with Gasteiger partial charge >= 0.3 is 0 Å². The minimum atomic E-state index is 0.445. The standard InChI is InChI=1S/C31H35N9O/c1-38(2)16-17-39(3)25-19-26(41-4)24(18-22(25)32)37-31-35-14-11-23(36-31)27-21-10-5-8-20-9-6-15-40(28(20)21)29(27)30-33-12-7-13-34-30/h5,7-8,10-14,18-19H,6,9,15-17,32H2,1-4H3,(H,35,36,37). The molecule has 5 aromatic rings. The zero-order valence-electron chi connectivity index (χ0n) is 23.9. The molecule has 0 unspecified atom stereocenters. The van der Waals surface area contributed by atoms with E-state index in [0.29, 0.717) is 28.9 Å². The van der Waals surface area contributed by atoms with E-state index in [-0.39, 0.29) is 0 Å². The predicted octanol–water partition coefficient (Wildman–Crippen LogP) is 4.83. The van der Waals surface area contributed by atoms with Crippen molar-refractivity contribution >= 4 is 33.9 Å². The molecular weight excluding hydrogens is 514 g/mol. The number of hydrogen-bond donors (Lipinski definition) is 2. The van der Waals surface area contributed by atoms with Gasteiger partial charge < -0.3 is 30.2 Å². The second kappa shape index (κ2) is 11.1. The van der Waals surface area contributed by atoms with E-state index in [9.17, 15) is 0 Å². The molecule has 3 N–H and O–H groups in total. The summed E-state index contributed by atoms with van der Waals surface area (Å²) in [5, 5.41) is 4.49. The van der Waals surface area contributed by atoms with Crippen LogP contribution in [0, 0.1) is 0 Å². The highest BCUT2D eigenvalue weighted by Crippen LogP contribution is 2.42. The third-order valence-electron chi connectivity index (χ3n) is 7.57. The first-order chi connectivity index (χ1) is 19.9. The number of likely N-dealkylation sites (N-methyl/N-ethyl adjacent to an activating group) is 2. The smallest absolute Gasteiger partial charge is 0.227 e. The lowest BCUT2D eigenvalue weighted by Crippen LogP contribution is -2.29. The normalized spacial score (nSPS) is 12.6. The summed E-state index contributed by atoms with van der Waals surface area (Å²) in [6, 6.07) is 14.1. The van der Waals surface area contributed by atoms with Gasteiger partial charge in [0.05, 0.1) is 41.1 Å². The number of rotatable bonds is 9. The number of anilines is 4. The quantitative estimate of drug-likeness (QED) is 0.250. The monoisotopic (exact) mass is 549 g/mol. The molecule has 1 aliphatic heterocycles. The van der Waals surface area contributed by atoms with Gasteiger partial charge in [-0.25, -0.2) is 19.9 Å². The number of nitrogens with one attached hydrogen (secondary N) is 1. The minimum Gasteiger partial charge on any atom is -0.494 e. The molecule has 10 nitrogen and oxygen atoms in total. The van der Waals surface area contributed by atoms with Crippen molar-refractivity contribution in [2.24, 2.45) is 0 Å². The van der Waals surface area contributed by atoms with Crippen LogP contribution in [-0.2, 0) is 13.0 Å². The molecule has 210 valence electrons. The average Bonchev–Trinajstić information content (AvgIpc) is 3.33. The summed E-state index contributed by atoms with van der Waals surface area (Å²) in [5.41, 5.74) is 14.1. The van der Waals surface area contributed by atoms with E-state index in [1.54, 1.807) is 25.7 Å². The van der Waals surface area contributed by atoms with Crippen molar-refractivity contribution in [2.45, 2.75) is 19.4 Å². The summed E-state index contributed by atoms with van der Waals surface area (Å²) in [7, 11) is 7.79. The van der Waals surface area contributed by atoms with Crippen molar-refractivity contribution in [3.05, 3.63) is 66.6 Å². The molecule has 6 rings (SSSR count). The van der Waals surface area contributed by atoms with Crippen LogP contribution in [0.2, 0.25) is 0 Å². The maximum atomic E-state index is 6.50. The number of para-hydroxylation sites is 1. The Balaban J connectivity index is 1.41. The summed E-state index contributed by atoms with van der Waals surface area (Å²) < 4.78 is 8.10. The van der Waals surface area contributed by atoms with Gasteiger partial charge in [0.25, 0.3) is 0 Å². The molecule has 0 spiro atoms. The summed E-state index contributed by atoms with van der Waals surface area (Å²) >= 11 is 0. The van der Waals surface area contributed by atoms with Crippen molar-refractivity contribution in [2.75, 3.05) is 57.3 Å². The summed E-state index contributed by atoms with van der Waals surface area (Å²) in [6.45, 7) is 2.65. The van der Waals surface area contributed by atoms with Gasteiger partial charge in [-0.05, 0) is 50.7 Å². The Morgan fingerprint density at radius 1 is 1.00 bits per heavy atom. The molecule has 0 radical (unpaired) electrons. The van der Waals surface area contributed by atoms with Gasteiger partial charge in [-0.2, -0.15) is 0 Å². The second-order valence-corrected chi connectivity index (χ2v) is 10.6. The van der Waals surface area contributed by atoms with Gasteiger partial charge in [0, 0.05) is 62.3 Å². The SMILES string of the molecule is COc1cc(N(C)CCN(C)C)c(N)cc1Nc1nccc(-c2c(-c3ncccn3)n3c4c(cccc24)CCC3)n1. The fourth-order valence-electron chi connectivity index (χ4n) is 5.58. The number of hydrogen-bond acceptors (Lipinski definition) is 9. The first-order valence-corrected chi connectivity index (χ1v) is 13.8. The molecule has 0 atom stereocenters. The molecule has 2 aromatic carbocycles. The summed E-state index contributed by atoms with van der Waals surface area (Å²) in [4.78, 5) is 23.1. The molecule has 0 saturated heterocycles. The first-order valence-electron chi connectivity index (χ1n) is 13.8. The van der Waals surface area contributed by atoms with Gasteiger partial charge in [-0.1, -0.05) is 18.2 Å². The zero-order valence-corrected chi connectivity index (χ0v) is 23.9. The van der Waals surface area contributed by atoms with E-state index in [0.717, 1.165) is 60.5 Å². The summed E-state index contributed by atoms with van der Waals surface area (Å²) in [5.74, 6) is 1.79. The van der Waals surface area contributed by atoms with Crippen LogP contribution in [0.15, 0.2) is 61.1 Å². The average molecular weight is 550 g/mol. The highest BCUT2D eigenvalue weighted by Gasteiger charge is 2.26. The van der Waals surface area contributed by atoms with Gasteiger partial charge in [0.2, 0.25) is 5.95 Å². The zero-order chi connectivity index (χ0) is 28.5. The number of aryl methyl sites for hydroxylation is 2. The maximum Gasteiger partial charge on any atom is 0.227 e. The Morgan fingerprint density at radius 3 is 2.61 bits per heavy atom. The van der Waals surface area contributed by atoms with Crippen LogP contribution >= 0.6 is 0 Å². The fourth-order valence-corrected chi connectivity index (χ4v) is 5.58.